The summed E-state index contributed by atoms with van der Waals surface area (Å²) in [6.07, 6.45) is 26.8. The Morgan fingerprint density at radius 3 is 1.35 bits per heavy atom. The highest BCUT2D eigenvalue weighted by Gasteiger charge is 2.06. The quantitative estimate of drug-likeness (QED) is 0.0593. The van der Waals surface area contributed by atoms with Gasteiger partial charge in [0.25, 0.3) is 0 Å². The predicted octanol–water partition coefficient (Wildman–Crippen LogP) is 7.23. The van der Waals surface area contributed by atoms with Crippen LogP contribution in [0.3, 0.4) is 0 Å². The Hall–Kier alpha value is -0.810. The lowest BCUT2D eigenvalue weighted by Crippen LogP contribution is -2.38. The van der Waals surface area contributed by atoms with E-state index in [1.165, 1.54) is 116 Å². The van der Waals surface area contributed by atoms with E-state index in [-0.39, 0.29) is 6.10 Å². The first kappa shape index (κ1) is 33.2. The van der Waals surface area contributed by atoms with Gasteiger partial charge in [0.15, 0.2) is 5.96 Å². The number of guanidine groups is 1. The predicted molar refractivity (Wildman–Crippen MR) is 149 cm³/mol. The molecule has 204 valence electrons. The molecule has 5 heteroatoms. The zero-order chi connectivity index (χ0) is 25.1. The maximum absolute atomic E-state index is 10.1. The van der Waals surface area contributed by atoms with Gasteiger partial charge in [0.2, 0.25) is 0 Å². The molecule has 0 aliphatic carbocycles. The lowest BCUT2D eigenvalue weighted by atomic mass is 10.0. The largest absolute Gasteiger partial charge is 0.391 e. The first-order chi connectivity index (χ1) is 16.6. The van der Waals surface area contributed by atoms with Crippen molar-refractivity contribution in [2.24, 2.45) is 10.7 Å². The van der Waals surface area contributed by atoms with Crippen LogP contribution >= 0.6 is 0 Å². The summed E-state index contributed by atoms with van der Waals surface area (Å²) in [5, 5.41) is 23.3. The van der Waals surface area contributed by atoms with Crippen LogP contribution in [0.15, 0.2) is 4.99 Å². The normalized spacial score (nSPS) is 13.8. The Balaban J connectivity index is 3.51. The molecule has 2 atom stereocenters. The van der Waals surface area contributed by atoms with Crippen molar-refractivity contribution in [2.75, 3.05) is 13.1 Å². The molecule has 0 saturated carbocycles. The topological polar surface area (TPSA) is 90.9 Å². The van der Waals surface area contributed by atoms with Crippen LogP contribution in [0, 0.1) is 0 Å². The summed E-state index contributed by atoms with van der Waals surface area (Å²) < 4.78 is 0. The molecule has 0 bridgehead atoms. The van der Waals surface area contributed by atoms with E-state index >= 15 is 0 Å². The number of rotatable bonds is 26. The highest BCUT2D eigenvalue weighted by atomic mass is 16.3. The van der Waals surface area contributed by atoms with Crippen LogP contribution < -0.4 is 11.1 Å². The molecule has 5 N–H and O–H groups in total. The average molecular weight is 484 g/mol. The molecular formula is C29H61N3O2. The smallest absolute Gasteiger partial charge is 0.188 e. The van der Waals surface area contributed by atoms with E-state index in [2.05, 4.69) is 24.2 Å². The second kappa shape index (κ2) is 26.8. The van der Waals surface area contributed by atoms with Gasteiger partial charge in [-0.05, 0) is 12.8 Å². The van der Waals surface area contributed by atoms with Crippen molar-refractivity contribution in [1.29, 1.82) is 0 Å². The van der Waals surface area contributed by atoms with Crippen molar-refractivity contribution in [3.05, 3.63) is 0 Å². The van der Waals surface area contributed by atoms with Crippen molar-refractivity contribution >= 4 is 5.96 Å². The number of hydrogen-bond acceptors (Lipinski definition) is 3. The van der Waals surface area contributed by atoms with Crippen LogP contribution in [0.1, 0.15) is 155 Å². The molecule has 0 rings (SSSR count). The Bertz CT molecular complexity index is 432. The highest BCUT2D eigenvalue weighted by Crippen LogP contribution is 2.13. The first-order valence-electron chi connectivity index (χ1n) is 15.0. The SMILES string of the molecule is CCCCCCCCCCCCC(O)CN=C(N)NCC(O)CCCCCCCCCCCC. The minimum atomic E-state index is -0.425. The molecule has 2 unspecified atom stereocenters. The molecule has 0 aromatic carbocycles. The van der Waals surface area contributed by atoms with E-state index in [9.17, 15) is 10.2 Å². The third-order valence-electron chi connectivity index (χ3n) is 6.77. The second-order valence-corrected chi connectivity index (χ2v) is 10.4. The van der Waals surface area contributed by atoms with E-state index in [1.54, 1.807) is 0 Å². The molecule has 0 spiro atoms. The molecular weight excluding hydrogens is 422 g/mol. The maximum atomic E-state index is 10.1. The molecule has 0 radical (unpaired) electrons. The van der Waals surface area contributed by atoms with Gasteiger partial charge >= 0.3 is 0 Å². The van der Waals surface area contributed by atoms with Crippen LogP contribution in [0.25, 0.3) is 0 Å². The monoisotopic (exact) mass is 483 g/mol. The van der Waals surface area contributed by atoms with Crippen molar-refractivity contribution in [1.82, 2.24) is 5.32 Å². The molecule has 0 fully saturated rings. The van der Waals surface area contributed by atoms with Gasteiger partial charge < -0.3 is 21.3 Å². The standard InChI is InChI=1S/C29H61N3O2/c1-3-5-7-9-11-13-15-17-19-21-23-27(33)25-31-29(30)32-26-28(34)24-22-20-18-16-14-12-10-8-6-4-2/h27-28,33-34H,3-26H2,1-2H3,(H3,30,31,32). The van der Waals surface area contributed by atoms with Crippen molar-refractivity contribution in [3.8, 4) is 0 Å². The van der Waals surface area contributed by atoms with Gasteiger partial charge in [-0.3, -0.25) is 4.99 Å². The number of nitrogens with zero attached hydrogens (tertiary/aromatic N) is 1. The van der Waals surface area contributed by atoms with Crippen LogP contribution in [-0.4, -0.2) is 41.5 Å². The van der Waals surface area contributed by atoms with Gasteiger partial charge in [-0.15, -0.1) is 0 Å². The van der Waals surface area contributed by atoms with Gasteiger partial charge in [0, 0.05) is 6.54 Å². The highest BCUT2D eigenvalue weighted by molar-refractivity contribution is 5.77. The first-order valence-corrected chi connectivity index (χ1v) is 15.0. The molecule has 0 amide bonds. The maximum Gasteiger partial charge on any atom is 0.188 e. The third kappa shape index (κ3) is 25.8. The van der Waals surface area contributed by atoms with Crippen LogP contribution in [0.4, 0.5) is 0 Å². The summed E-state index contributed by atoms with van der Waals surface area (Å²) >= 11 is 0. The summed E-state index contributed by atoms with van der Waals surface area (Å²) in [4.78, 5) is 4.24. The number of aliphatic imine (C=N–C) groups is 1. The Labute approximate surface area is 212 Å². The Kier molecular flexibility index (Phi) is 26.2. The fraction of sp³-hybridized carbons (Fsp3) is 0.966. The molecule has 34 heavy (non-hydrogen) atoms. The summed E-state index contributed by atoms with van der Waals surface area (Å²) in [6, 6.07) is 0. The van der Waals surface area contributed by atoms with Crippen LogP contribution in [-0.2, 0) is 0 Å². The van der Waals surface area contributed by atoms with E-state index in [0.29, 0.717) is 19.0 Å². The van der Waals surface area contributed by atoms with E-state index in [4.69, 9.17) is 5.73 Å². The molecule has 5 nitrogen and oxygen atoms in total. The minimum absolute atomic E-state index is 0.323. The van der Waals surface area contributed by atoms with Gasteiger partial charge in [-0.2, -0.15) is 0 Å². The summed E-state index contributed by atoms with van der Waals surface area (Å²) in [5.74, 6) is 0.323. The number of nitrogens with one attached hydrogen (secondary N) is 1. The summed E-state index contributed by atoms with van der Waals surface area (Å²) in [7, 11) is 0. The van der Waals surface area contributed by atoms with E-state index in [1.807, 2.05) is 0 Å². The molecule has 0 heterocycles. The van der Waals surface area contributed by atoms with Gasteiger partial charge in [0.05, 0.1) is 18.8 Å². The fourth-order valence-corrected chi connectivity index (χ4v) is 4.41. The van der Waals surface area contributed by atoms with E-state index in [0.717, 1.165) is 25.7 Å². The Morgan fingerprint density at radius 2 is 0.941 bits per heavy atom. The van der Waals surface area contributed by atoms with Gasteiger partial charge in [-0.25, -0.2) is 0 Å². The van der Waals surface area contributed by atoms with Crippen molar-refractivity contribution in [2.45, 2.75) is 167 Å². The number of hydrogen-bond donors (Lipinski definition) is 4. The molecule has 0 aromatic rings. The fourth-order valence-electron chi connectivity index (χ4n) is 4.41. The van der Waals surface area contributed by atoms with Gasteiger partial charge in [-0.1, -0.05) is 142 Å². The minimum Gasteiger partial charge on any atom is -0.391 e. The molecule has 0 aliphatic rings. The number of nitrogens with two attached hydrogens (primary N) is 1. The van der Waals surface area contributed by atoms with Gasteiger partial charge in [0.1, 0.15) is 0 Å². The molecule has 0 saturated heterocycles. The zero-order valence-electron chi connectivity index (χ0n) is 23.0. The zero-order valence-corrected chi connectivity index (χ0v) is 23.0. The number of aliphatic hydroxyl groups excluding tert-OH is 2. The lowest BCUT2D eigenvalue weighted by molar-refractivity contribution is 0.163. The molecule has 0 aromatic heterocycles. The molecule has 0 aliphatic heterocycles. The summed E-state index contributed by atoms with van der Waals surface area (Å²) in [5.41, 5.74) is 5.89. The number of unbranched alkanes of at least 4 members (excludes halogenated alkanes) is 18. The van der Waals surface area contributed by atoms with Crippen molar-refractivity contribution in [3.63, 3.8) is 0 Å². The average Bonchev–Trinajstić information content (AvgIpc) is 2.83. The van der Waals surface area contributed by atoms with Crippen LogP contribution in [0.5, 0.6) is 0 Å². The van der Waals surface area contributed by atoms with Crippen LogP contribution in [0.2, 0.25) is 0 Å². The second-order valence-electron chi connectivity index (χ2n) is 10.4. The number of aliphatic hydroxyl groups is 2. The van der Waals surface area contributed by atoms with Crippen molar-refractivity contribution < 1.29 is 10.2 Å². The summed E-state index contributed by atoms with van der Waals surface area (Å²) in [6.45, 7) is 5.29. The Morgan fingerprint density at radius 1 is 0.588 bits per heavy atom. The lowest BCUT2D eigenvalue weighted by Gasteiger charge is -2.13. The van der Waals surface area contributed by atoms with E-state index < -0.39 is 6.10 Å². The third-order valence-corrected chi connectivity index (χ3v) is 6.77.